The standard InChI is InChI=1S/C24H18O3/c25-24-22-11-4-3-10-20(22)21-13-12-18(14-23(21)27-24)26-15-17-8-5-7-16-6-1-2-9-19(16)17/h1-4,6-7,9-14H,5,8,15H2. The van der Waals surface area contributed by atoms with E-state index in [4.69, 9.17) is 9.15 Å². The first-order valence-corrected chi connectivity index (χ1v) is 9.15. The maximum Gasteiger partial charge on any atom is 0.344 e. The molecule has 0 saturated carbocycles. The van der Waals surface area contributed by atoms with Gasteiger partial charge in [-0.2, -0.15) is 0 Å². The molecule has 0 aliphatic heterocycles. The van der Waals surface area contributed by atoms with Crippen molar-refractivity contribution in [3.63, 3.8) is 0 Å². The molecule has 27 heavy (non-hydrogen) atoms. The van der Waals surface area contributed by atoms with Crippen LogP contribution in [0, 0.1) is 0 Å². The summed E-state index contributed by atoms with van der Waals surface area (Å²) in [4.78, 5) is 12.2. The molecule has 3 heteroatoms. The van der Waals surface area contributed by atoms with E-state index in [2.05, 4.69) is 30.3 Å². The van der Waals surface area contributed by atoms with Crippen molar-refractivity contribution in [2.45, 2.75) is 12.8 Å². The van der Waals surface area contributed by atoms with Crippen molar-refractivity contribution in [2.75, 3.05) is 6.61 Å². The Bertz CT molecular complexity index is 1350. The van der Waals surface area contributed by atoms with Gasteiger partial charge in [0.25, 0.3) is 0 Å². The third kappa shape index (κ3) is 2.81. The summed E-state index contributed by atoms with van der Waals surface area (Å²) in [6, 6.07) is 21.6. The number of hydrogen-bond donors (Lipinski definition) is 0. The zero-order valence-corrected chi connectivity index (χ0v) is 14.8. The lowest BCUT2D eigenvalue weighted by atomic mass is 10.0. The second-order valence-corrected chi connectivity index (χ2v) is 6.82. The van der Waals surface area contributed by atoms with Crippen LogP contribution in [0.4, 0.5) is 0 Å². The molecule has 3 aromatic carbocycles. The monoisotopic (exact) mass is 354 g/mol. The first-order valence-electron chi connectivity index (χ1n) is 9.15. The quantitative estimate of drug-likeness (QED) is 0.415. The van der Waals surface area contributed by atoms with Gasteiger partial charge >= 0.3 is 5.63 Å². The SMILES string of the molecule is O=c1oc2cc(OCC3=c4ccccc4=CCC3)ccc2c2ccccc12. The highest BCUT2D eigenvalue weighted by Crippen LogP contribution is 2.26. The number of benzene rings is 3. The van der Waals surface area contributed by atoms with Gasteiger partial charge in [-0.1, -0.05) is 48.5 Å². The Hall–Kier alpha value is -3.33. The molecule has 1 aliphatic rings. The van der Waals surface area contributed by atoms with Crippen LogP contribution in [0.2, 0.25) is 0 Å². The second-order valence-electron chi connectivity index (χ2n) is 6.82. The van der Waals surface area contributed by atoms with Crippen LogP contribution in [0.25, 0.3) is 33.4 Å². The van der Waals surface area contributed by atoms with Gasteiger partial charge in [-0.05, 0) is 52.4 Å². The minimum atomic E-state index is -0.318. The average molecular weight is 354 g/mol. The molecule has 0 fully saturated rings. The van der Waals surface area contributed by atoms with E-state index in [9.17, 15) is 4.79 Å². The molecule has 0 spiro atoms. The van der Waals surface area contributed by atoms with Crippen molar-refractivity contribution in [3.8, 4) is 5.75 Å². The Morgan fingerprint density at radius 2 is 1.70 bits per heavy atom. The van der Waals surface area contributed by atoms with Gasteiger partial charge in [0.1, 0.15) is 17.9 Å². The van der Waals surface area contributed by atoms with E-state index >= 15 is 0 Å². The van der Waals surface area contributed by atoms with Gasteiger partial charge < -0.3 is 9.15 Å². The first kappa shape index (κ1) is 15.9. The number of rotatable bonds is 3. The predicted molar refractivity (Wildman–Crippen MR) is 108 cm³/mol. The Kier molecular flexibility index (Phi) is 3.79. The van der Waals surface area contributed by atoms with Gasteiger partial charge in [0.15, 0.2) is 0 Å². The Balaban J connectivity index is 1.53. The van der Waals surface area contributed by atoms with Crippen molar-refractivity contribution in [1.29, 1.82) is 0 Å². The van der Waals surface area contributed by atoms with Gasteiger partial charge in [-0.25, -0.2) is 4.79 Å². The molecular formula is C24H18O3. The summed E-state index contributed by atoms with van der Waals surface area (Å²) >= 11 is 0. The fraction of sp³-hybridized carbons (Fsp3) is 0.125. The predicted octanol–water partition coefficient (Wildman–Crippen LogP) is 3.75. The van der Waals surface area contributed by atoms with Crippen molar-refractivity contribution in [3.05, 3.63) is 87.6 Å². The smallest absolute Gasteiger partial charge is 0.344 e. The number of ether oxygens (including phenoxy) is 1. The van der Waals surface area contributed by atoms with Crippen LogP contribution in [0.3, 0.4) is 0 Å². The van der Waals surface area contributed by atoms with Crippen LogP contribution < -0.4 is 20.8 Å². The molecule has 4 aromatic rings. The molecule has 0 N–H and O–H groups in total. The average Bonchev–Trinajstić information content (AvgIpc) is 2.72. The van der Waals surface area contributed by atoms with E-state index in [1.54, 1.807) is 6.07 Å². The van der Waals surface area contributed by atoms with Crippen LogP contribution >= 0.6 is 0 Å². The number of hydrogen-bond acceptors (Lipinski definition) is 3. The van der Waals surface area contributed by atoms with E-state index < -0.39 is 0 Å². The summed E-state index contributed by atoms with van der Waals surface area (Å²) in [5.74, 6) is 0.709. The molecule has 0 radical (unpaired) electrons. The zero-order chi connectivity index (χ0) is 18.2. The summed E-state index contributed by atoms with van der Waals surface area (Å²) in [6.07, 6.45) is 4.31. The lowest BCUT2D eigenvalue weighted by molar-refractivity contribution is 0.364. The Morgan fingerprint density at radius 1 is 0.889 bits per heavy atom. The van der Waals surface area contributed by atoms with Crippen molar-refractivity contribution in [1.82, 2.24) is 0 Å². The molecule has 0 saturated heterocycles. The van der Waals surface area contributed by atoms with E-state index in [0.29, 0.717) is 23.3 Å². The van der Waals surface area contributed by atoms with Crippen LogP contribution in [0.5, 0.6) is 5.75 Å². The summed E-state index contributed by atoms with van der Waals surface area (Å²) < 4.78 is 11.6. The fourth-order valence-electron chi connectivity index (χ4n) is 3.80. The Morgan fingerprint density at radius 3 is 2.63 bits per heavy atom. The van der Waals surface area contributed by atoms with Crippen molar-refractivity contribution >= 4 is 33.4 Å². The van der Waals surface area contributed by atoms with E-state index in [1.165, 1.54) is 16.0 Å². The van der Waals surface area contributed by atoms with Gasteiger partial charge in [0.05, 0.1) is 5.39 Å². The molecule has 132 valence electrons. The minimum absolute atomic E-state index is 0.318. The van der Waals surface area contributed by atoms with Crippen LogP contribution in [-0.4, -0.2) is 6.61 Å². The van der Waals surface area contributed by atoms with Crippen molar-refractivity contribution < 1.29 is 9.15 Å². The third-order valence-corrected chi connectivity index (χ3v) is 5.16. The fourth-order valence-corrected chi connectivity index (χ4v) is 3.80. The van der Waals surface area contributed by atoms with Gasteiger partial charge in [-0.3, -0.25) is 0 Å². The molecule has 3 nitrogen and oxygen atoms in total. The second kappa shape index (κ2) is 6.44. The zero-order valence-electron chi connectivity index (χ0n) is 14.8. The summed E-state index contributed by atoms with van der Waals surface area (Å²) in [6.45, 7) is 0.536. The van der Waals surface area contributed by atoms with E-state index in [0.717, 1.165) is 23.6 Å². The molecule has 0 atom stereocenters. The summed E-state index contributed by atoms with van der Waals surface area (Å²) in [7, 11) is 0. The molecule has 0 amide bonds. The molecule has 1 aliphatic carbocycles. The topological polar surface area (TPSA) is 39.4 Å². The van der Waals surface area contributed by atoms with Gasteiger partial charge in [0.2, 0.25) is 0 Å². The molecule has 1 heterocycles. The van der Waals surface area contributed by atoms with Gasteiger partial charge in [0, 0.05) is 11.5 Å². The lowest BCUT2D eigenvalue weighted by Gasteiger charge is -2.13. The largest absolute Gasteiger partial charge is 0.489 e. The Labute approximate surface area is 155 Å². The molecule has 0 bridgehead atoms. The molecular weight excluding hydrogens is 336 g/mol. The van der Waals surface area contributed by atoms with Crippen molar-refractivity contribution in [2.24, 2.45) is 0 Å². The van der Waals surface area contributed by atoms with E-state index in [-0.39, 0.29) is 5.63 Å². The normalized spacial score (nSPS) is 13.4. The maximum atomic E-state index is 12.2. The van der Waals surface area contributed by atoms with Gasteiger partial charge in [-0.15, -0.1) is 0 Å². The molecule has 0 unspecified atom stereocenters. The highest BCUT2D eigenvalue weighted by Gasteiger charge is 2.09. The molecule has 5 rings (SSSR count). The van der Waals surface area contributed by atoms with Crippen LogP contribution in [-0.2, 0) is 0 Å². The minimum Gasteiger partial charge on any atom is -0.489 e. The molecule has 1 aromatic heterocycles. The highest BCUT2D eigenvalue weighted by molar-refractivity contribution is 6.04. The first-order chi connectivity index (χ1) is 13.3. The summed E-state index contributed by atoms with van der Waals surface area (Å²) in [5, 5.41) is 4.97. The maximum absolute atomic E-state index is 12.2. The van der Waals surface area contributed by atoms with Crippen LogP contribution in [0.1, 0.15) is 12.8 Å². The number of fused-ring (bicyclic) bond motifs is 4. The lowest BCUT2D eigenvalue weighted by Crippen LogP contribution is -2.30. The van der Waals surface area contributed by atoms with Crippen LogP contribution in [0.15, 0.2) is 75.9 Å². The summed E-state index contributed by atoms with van der Waals surface area (Å²) in [5.41, 5.74) is 1.54. The third-order valence-electron chi connectivity index (χ3n) is 5.16. The highest BCUT2D eigenvalue weighted by atomic mass is 16.5. The van der Waals surface area contributed by atoms with E-state index in [1.807, 2.05) is 36.4 Å².